The fourth-order valence-electron chi connectivity index (χ4n) is 1.52. The fraction of sp³-hybridized carbons (Fsp3) is 0.917. The molecule has 0 radical (unpaired) electrons. The predicted molar refractivity (Wildman–Crippen MR) is 62.8 cm³/mol. The van der Waals surface area contributed by atoms with E-state index in [0.717, 1.165) is 6.54 Å². The van der Waals surface area contributed by atoms with Gasteiger partial charge in [-0.3, -0.25) is 4.79 Å². The molecule has 3 nitrogen and oxygen atoms in total. The highest BCUT2D eigenvalue weighted by atomic mass is 16.5. The molecule has 0 atom stereocenters. The van der Waals surface area contributed by atoms with Crippen LogP contribution in [0.25, 0.3) is 0 Å². The number of carbonyl (C=O) groups excluding carboxylic acids is 1. The highest BCUT2D eigenvalue weighted by Gasteiger charge is 2.17. The Kier molecular flexibility index (Phi) is 7.39. The SMILES string of the molecule is CCCCCC(C)(C)CNCC(=O)OC. The van der Waals surface area contributed by atoms with Crippen LogP contribution in [-0.4, -0.2) is 26.2 Å². The summed E-state index contributed by atoms with van der Waals surface area (Å²) in [4.78, 5) is 10.9. The van der Waals surface area contributed by atoms with Crippen LogP contribution < -0.4 is 5.32 Å². The Hall–Kier alpha value is -0.570. The molecule has 3 heteroatoms. The molecule has 0 aliphatic heterocycles. The van der Waals surface area contributed by atoms with Crippen molar-refractivity contribution in [2.24, 2.45) is 5.41 Å². The van der Waals surface area contributed by atoms with Crippen molar-refractivity contribution >= 4 is 5.97 Å². The maximum absolute atomic E-state index is 10.9. The molecule has 0 aromatic rings. The first kappa shape index (κ1) is 14.4. The normalized spacial score (nSPS) is 11.5. The van der Waals surface area contributed by atoms with Gasteiger partial charge in [0.25, 0.3) is 0 Å². The summed E-state index contributed by atoms with van der Waals surface area (Å²) in [6.07, 6.45) is 5.02. The van der Waals surface area contributed by atoms with Crippen LogP contribution in [0.5, 0.6) is 0 Å². The van der Waals surface area contributed by atoms with Crippen LogP contribution in [0.3, 0.4) is 0 Å². The number of esters is 1. The lowest BCUT2D eigenvalue weighted by Crippen LogP contribution is -2.33. The van der Waals surface area contributed by atoms with Crippen LogP contribution in [0.4, 0.5) is 0 Å². The number of unbranched alkanes of at least 4 members (excludes halogenated alkanes) is 2. The quantitative estimate of drug-likeness (QED) is 0.499. The summed E-state index contributed by atoms with van der Waals surface area (Å²) in [7, 11) is 1.41. The van der Waals surface area contributed by atoms with E-state index in [2.05, 4.69) is 30.8 Å². The molecule has 0 aliphatic rings. The average Bonchev–Trinajstić information content (AvgIpc) is 2.17. The summed E-state index contributed by atoms with van der Waals surface area (Å²) in [6, 6.07) is 0. The van der Waals surface area contributed by atoms with E-state index in [1.165, 1.54) is 32.8 Å². The summed E-state index contributed by atoms with van der Waals surface area (Å²) < 4.78 is 4.56. The Morgan fingerprint density at radius 1 is 1.33 bits per heavy atom. The van der Waals surface area contributed by atoms with Crippen LogP contribution >= 0.6 is 0 Å². The molecule has 0 bridgehead atoms. The van der Waals surface area contributed by atoms with Gasteiger partial charge in [0.1, 0.15) is 0 Å². The molecule has 0 aromatic heterocycles. The smallest absolute Gasteiger partial charge is 0.319 e. The van der Waals surface area contributed by atoms with Crippen LogP contribution in [0.15, 0.2) is 0 Å². The predicted octanol–water partition coefficient (Wildman–Crippen LogP) is 2.36. The molecule has 0 heterocycles. The third kappa shape index (κ3) is 8.43. The molecule has 90 valence electrons. The van der Waals surface area contributed by atoms with Gasteiger partial charge in [-0.25, -0.2) is 0 Å². The largest absolute Gasteiger partial charge is 0.468 e. The second kappa shape index (κ2) is 7.69. The van der Waals surface area contributed by atoms with E-state index in [1.54, 1.807) is 0 Å². The molecular weight excluding hydrogens is 190 g/mol. The van der Waals surface area contributed by atoms with E-state index in [4.69, 9.17) is 0 Å². The Balaban J connectivity index is 3.59. The zero-order valence-corrected chi connectivity index (χ0v) is 10.6. The van der Waals surface area contributed by atoms with Crippen molar-refractivity contribution < 1.29 is 9.53 Å². The molecule has 0 aromatic carbocycles. The van der Waals surface area contributed by atoms with Gasteiger partial charge in [0.05, 0.1) is 13.7 Å². The van der Waals surface area contributed by atoms with Crippen molar-refractivity contribution in [2.45, 2.75) is 46.5 Å². The molecule has 0 amide bonds. The Bertz CT molecular complexity index is 178. The van der Waals surface area contributed by atoms with Crippen molar-refractivity contribution in [3.05, 3.63) is 0 Å². The van der Waals surface area contributed by atoms with Crippen LogP contribution in [0.2, 0.25) is 0 Å². The molecule has 0 saturated carbocycles. The minimum Gasteiger partial charge on any atom is -0.468 e. The monoisotopic (exact) mass is 215 g/mol. The summed E-state index contributed by atoms with van der Waals surface area (Å²) in [5.41, 5.74) is 0.267. The molecule has 0 unspecified atom stereocenters. The lowest BCUT2D eigenvalue weighted by atomic mass is 9.87. The van der Waals surface area contributed by atoms with Gasteiger partial charge < -0.3 is 10.1 Å². The third-order valence-corrected chi connectivity index (χ3v) is 2.56. The highest BCUT2D eigenvalue weighted by Crippen LogP contribution is 2.22. The molecule has 0 rings (SSSR count). The van der Waals surface area contributed by atoms with Gasteiger partial charge in [-0.2, -0.15) is 0 Å². The zero-order valence-electron chi connectivity index (χ0n) is 10.6. The van der Waals surface area contributed by atoms with Gasteiger partial charge in [0, 0.05) is 6.54 Å². The lowest BCUT2D eigenvalue weighted by Gasteiger charge is -2.24. The van der Waals surface area contributed by atoms with E-state index < -0.39 is 0 Å². The number of methoxy groups -OCH3 is 1. The Labute approximate surface area is 93.6 Å². The molecular formula is C12H25NO2. The molecule has 0 saturated heterocycles. The van der Waals surface area contributed by atoms with Gasteiger partial charge >= 0.3 is 5.97 Å². The number of carbonyl (C=O) groups is 1. The molecule has 1 N–H and O–H groups in total. The molecule has 0 spiro atoms. The first-order chi connectivity index (χ1) is 7.02. The zero-order chi connectivity index (χ0) is 11.7. The van der Waals surface area contributed by atoms with Gasteiger partial charge in [-0.1, -0.05) is 40.0 Å². The minimum absolute atomic E-state index is 0.195. The van der Waals surface area contributed by atoms with Crippen molar-refractivity contribution in [3.8, 4) is 0 Å². The highest BCUT2D eigenvalue weighted by molar-refractivity contribution is 5.71. The van der Waals surface area contributed by atoms with Crippen molar-refractivity contribution in [3.63, 3.8) is 0 Å². The number of ether oxygens (including phenoxy) is 1. The van der Waals surface area contributed by atoms with Crippen LogP contribution in [-0.2, 0) is 9.53 Å². The number of rotatable bonds is 8. The second-order valence-corrected chi connectivity index (χ2v) is 4.80. The Morgan fingerprint density at radius 2 is 2.00 bits per heavy atom. The standard InChI is InChI=1S/C12H25NO2/c1-5-6-7-8-12(2,3)10-13-9-11(14)15-4/h13H,5-10H2,1-4H3. The molecule has 0 aliphatic carbocycles. The fourth-order valence-corrected chi connectivity index (χ4v) is 1.52. The number of hydrogen-bond acceptors (Lipinski definition) is 3. The molecule has 0 fully saturated rings. The second-order valence-electron chi connectivity index (χ2n) is 4.80. The summed E-state index contributed by atoms with van der Waals surface area (Å²) in [6.45, 7) is 7.85. The maximum Gasteiger partial charge on any atom is 0.319 e. The summed E-state index contributed by atoms with van der Waals surface area (Å²) >= 11 is 0. The van der Waals surface area contributed by atoms with E-state index in [0.29, 0.717) is 6.54 Å². The minimum atomic E-state index is -0.195. The van der Waals surface area contributed by atoms with E-state index >= 15 is 0 Å². The molecule has 15 heavy (non-hydrogen) atoms. The van der Waals surface area contributed by atoms with Crippen molar-refractivity contribution in [1.29, 1.82) is 0 Å². The van der Waals surface area contributed by atoms with Gasteiger partial charge in [0.2, 0.25) is 0 Å². The van der Waals surface area contributed by atoms with Gasteiger partial charge in [0.15, 0.2) is 0 Å². The lowest BCUT2D eigenvalue weighted by molar-refractivity contribution is -0.139. The van der Waals surface area contributed by atoms with Gasteiger partial charge in [-0.15, -0.1) is 0 Å². The first-order valence-electron chi connectivity index (χ1n) is 5.79. The summed E-state index contributed by atoms with van der Waals surface area (Å²) in [5.74, 6) is -0.195. The summed E-state index contributed by atoms with van der Waals surface area (Å²) in [5, 5.41) is 3.13. The maximum atomic E-state index is 10.9. The number of nitrogens with one attached hydrogen (secondary N) is 1. The first-order valence-corrected chi connectivity index (χ1v) is 5.79. The van der Waals surface area contributed by atoms with E-state index in [-0.39, 0.29) is 11.4 Å². The topological polar surface area (TPSA) is 38.3 Å². The van der Waals surface area contributed by atoms with E-state index in [9.17, 15) is 4.79 Å². The van der Waals surface area contributed by atoms with Gasteiger partial charge in [-0.05, 0) is 11.8 Å². The van der Waals surface area contributed by atoms with Crippen molar-refractivity contribution in [1.82, 2.24) is 5.32 Å². The van der Waals surface area contributed by atoms with Crippen molar-refractivity contribution in [2.75, 3.05) is 20.2 Å². The number of hydrogen-bond donors (Lipinski definition) is 1. The average molecular weight is 215 g/mol. The van der Waals surface area contributed by atoms with Crippen LogP contribution in [0, 0.1) is 5.41 Å². The Morgan fingerprint density at radius 3 is 2.53 bits per heavy atom. The van der Waals surface area contributed by atoms with Crippen LogP contribution in [0.1, 0.15) is 46.5 Å². The third-order valence-electron chi connectivity index (χ3n) is 2.56. The van der Waals surface area contributed by atoms with E-state index in [1.807, 2.05) is 0 Å².